The zero-order valence-electron chi connectivity index (χ0n) is 8.80. The van der Waals surface area contributed by atoms with E-state index in [4.69, 9.17) is 0 Å². The SMILES string of the molecule is CNCC(C)N1CC(C(C)C)C1. The molecule has 0 aromatic rings. The highest BCUT2D eigenvalue weighted by Gasteiger charge is 2.31. The summed E-state index contributed by atoms with van der Waals surface area (Å²) in [5.41, 5.74) is 0. The number of likely N-dealkylation sites (tertiary alicyclic amines) is 1. The van der Waals surface area contributed by atoms with Crippen molar-refractivity contribution in [3.63, 3.8) is 0 Å². The maximum Gasteiger partial charge on any atom is 0.0192 e. The Labute approximate surface area is 76.3 Å². The van der Waals surface area contributed by atoms with Crippen LogP contribution >= 0.6 is 0 Å². The van der Waals surface area contributed by atoms with Crippen molar-refractivity contribution >= 4 is 0 Å². The fraction of sp³-hybridized carbons (Fsp3) is 1.00. The van der Waals surface area contributed by atoms with Crippen LogP contribution in [0.25, 0.3) is 0 Å². The van der Waals surface area contributed by atoms with Crippen LogP contribution in [-0.4, -0.2) is 37.6 Å². The van der Waals surface area contributed by atoms with Crippen molar-refractivity contribution in [2.45, 2.75) is 26.8 Å². The third-order valence-electron chi connectivity index (χ3n) is 3.00. The van der Waals surface area contributed by atoms with E-state index in [1.165, 1.54) is 13.1 Å². The molecule has 0 aromatic carbocycles. The molecule has 2 heteroatoms. The maximum atomic E-state index is 3.22. The van der Waals surface area contributed by atoms with Gasteiger partial charge in [-0.2, -0.15) is 0 Å². The summed E-state index contributed by atoms with van der Waals surface area (Å²) in [5.74, 6) is 1.81. The molecule has 1 aliphatic rings. The molecule has 0 saturated carbocycles. The monoisotopic (exact) mass is 170 g/mol. The summed E-state index contributed by atoms with van der Waals surface area (Å²) in [4.78, 5) is 2.56. The van der Waals surface area contributed by atoms with Crippen LogP contribution < -0.4 is 5.32 Å². The van der Waals surface area contributed by atoms with Crippen molar-refractivity contribution in [2.24, 2.45) is 11.8 Å². The minimum Gasteiger partial charge on any atom is -0.318 e. The van der Waals surface area contributed by atoms with Gasteiger partial charge in [0.1, 0.15) is 0 Å². The molecule has 1 saturated heterocycles. The summed E-state index contributed by atoms with van der Waals surface area (Å²) in [6.45, 7) is 10.7. The van der Waals surface area contributed by atoms with E-state index in [1.54, 1.807) is 0 Å². The highest BCUT2D eigenvalue weighted by atomic mass is 15.2. The van der Waals surface area contributed by atoms with Gasteiger partial charge >= 0.3 is 0 Å². The van der Waals surface area contributed by atoms with Crippen LogP contribution in [0.15, 0.2) is 0 Å². The van der Waals surface area contributed by atoms with E-state index in [9.17, 15) is 0 Å². The summed E-state index contributed by atoms with van der Waals surface area (Å²) in [6.07, 6.45) is 0. The van der Waals surface area contributed by atoms with Crippen molar-refractivity contribution < 1.29 is 0 Å². The molecule has 1 N–H and O–H groups in total. The van der Waals surface area contributed by atoms with E-state index in [0.29, 0.717) is 6.04 Å². The zero-order chi connectivity index (χ0) is 9.14. The third kappa shape index (κ3) is 2.20. The number of hydrogen-bond donors (Lipinski definition) is 1. The topological polar surface area (TPSA) is 15.3 Å². The summed E-state index contributed by atoms with van der Waals surface area (Å²) >= 11 is 0. The lowest BCUT2D eigenvalue weighted by Gasteiger charge is -2.45. The minimum absolute atomic E-state index is 0.713. The van der Waals surface area contributed by atoms with Crippen LogP contribution in [0.5, 0.6) is 0 Å². The molecule has 72 valence electrons. The van der Waals surface area contributed by atoms with E-state index in [0.717, 1.165) is 18.4 Å². The molecule has 0 spiro atoms. The van der Waals surface area contributed by atoms with E-state index in [-0.39, 0.29) is 0 Å². The van der Waals surface area contributed by atoms with Crippen LogP contribution in [0, 0.1) is 11.8 Å². The van der Waals surface area contributed by atoms with Crippen molar-refractivity contribution in [1.82, 2.24) is 10.2 Å². The Balaban J connectivity index is 2.16. The normalized spacial score (nSPS) is 22.8. The Morgan fingerprint density at radius 1 is 1.33 bits per heavy atom. The second-order valence-corrected chi connectivity index (χ2v) is 4.36. The molecule has 0 aliphatic carbocycles. The Morgan fingerprint density at radius 3 is 2.33 bits per heavy atom. The minimum atomic E-state index is 0.713. The fourth-order valence-corrected chi connectivity index (χ4v) is 1.75. The summed E-state index contributed by atoms with van der Waals surface area (Å²) in [7, 11) is 2.02. The predicted octanol–water partition coefficient (Wildman–Crippen LogP) is 1.18. The molecular weight excluding hydrogens is 148 g/mol. The Hall–Kier alpha value is -0.0800. The van der Waals surface area contributed by atoms with Gasteiger partial charge in [-0.1, -0.05) is 13.8 Å². The molecular formula is C10H22N2. The fourth-order valence-electron chi connectivity index (χ4n) is 1.75. The highest BCUT2D eigenvalue weighted by Crippen LogP contribution is 2.24. The first-order chi connectivity index (χ1) is 5.65. The Morgan fingerprint density at radius 2 is 1.92 bits per heavy atom. The van der Waals surface area contributed by atoms with Crippen LogP contribution in [0.4, 0.5) is 0 Å². The first-order valence-corrected chi connectivity index (χ1v) is 5.03. The third-order valence-corrected chi connectivity index (χ3v) is 3.00. The van der Waals surface area contributed by atoms with Crippen molar-refractivity contribution in [3.8, 4) is 0 Å². The average molecular weight is 170 g/mol. The second kappa shape index (κ2) is 4.24. The molecule has 1 unspecified atom stereocenters. The lowest BCUT2D eigenvalue weighted by atomic mass is 9.87. The summed E-state index contributed by atoms with van der Waals surface area (Å²) in [5, 5.41) is 3.22. The van der Waals surface area contributed by atoms with Gasteiger partial charge in [0.2, 0.25) is 0 Å². The first-order valence-electron chi connectivity index (χ1n) is 5.03. The largest absolute Gasteiger partial charge is 0.318 e. The lowest BCUT2D eigenvalue weighted by Crippen LogP contribution is -2.55. The number of rotatable bonds is 4. The number of nitrogens with one attached hydrogen (secondary N) is 1. The van der Waals surface area contributed by atoms with Gasteiger partial charge in [-0.25, -0.2) is 0 Å². The summed E-state index contributed by atoms with van der Waals surface area (Å²) in [6, 6.07) is 0.713. The molecule has 0 amide bonds. The van der Waals surface area contributed by atoms with Crippen LogP contribution in [-0.2, 0) is 0 Å². The average Bonchev–Trinajstić information content (AvgIpc) is 1.82. The molecule has 1 fully saturated rings. The standard InChI is InChI=1S/C10H22N2/c1-8(2)10-6-12(7-10)9(3)5-11-4/h8-11H,5-7H2,1-4H3. The Bertz CT molecular complexity index is 128. The molecule has 1 aliphatic heterocycles. The van der Waals surface area contributed by atoms with E-state index in [2.05, 4.69) is 31.0 Å². The predicted molar refractivity (Wildman–Crippen MR) is 53.3 cm³/mol. The molecule has 1 atom stereocenters. The zero-order valence-corrected chi connectivity index (χ0v) is 8.80. The van der Waals surface area contributed by atoms with Gasteiger partial charge in [0.25, 0.3) is 0 Å². The quantitative estimate of drug-likeness (QED) is 0.681. The molecule has 1 heterocycles. The van der Waals surface area contributed by atoms with Gasteiger partial charge < -0.3 is 5.32 Å². The molecule has 1 rings (SSSR count). The molecule has 0 aromatic heterocycles. The van der Waals surface area contributed by atoms with Gasteiger partial charge in [-0.05, 0) is 25.8 Å². The smallest absolute Gasteiger partial charge is 0.0192 e. The van der Waals surface area contributed by atoms with E-state index >= 15 is 0 Å². The molecule has 0 radical (unpaired) electrons. The second-order valence-electron chi connectivity index (χ2n) is 4.36. The van der Waals surface area contributed by atoms with Gasteiger partial charge in [0.05, 0.1) is 0 Å². The van der Waals surface area contributed by atoms with E-state index < -0.39 is 0 Å². The number of nitrogens with zero attached hydrogens (tertiary/aromatic N) is 1. The van der Waals surface area contributed by atoms with Crippen molar-refractivity contribution in [3.05, 3.63) is 0 Å². The number of hydrogen-bond acceptors (Lipinski definition) is 2. The van der Waals surface area contributed by atoms with Crippen LogP contribution in [0.2, 0.25) is 0 Å². The highest BCUT2D eigenvalue weighted by molar-refractivity contribution is 4.85. The van der Waals surface area contributed by atoms with Crippen LogP contribution in [0.1, 0.15) is 20.8 Å². The van der Waals surface area contributed by atoms with Crippen LogP contribution in [0.3, 0.4) is 0 Å². The maximum absolute atomic E-state index is 3.22. The van der Waals surface area contributed by atoms with Gasteiger partial charge in [0.15, 0.2) is 0 Å². The van der Waals surface area contributed by atoms with Crippen molar-refractivity contribution in [2.75, 3.05) is 26.7 Å². The molecule has 12 heavy (non-hydrogen) atoms. The first kappa shape index (κ1) is 10.0. The molecule has 0 bridgehead atoms. The Kier molecular flexibility index (Phi) is 3.53. The van der Waals surface area contributed by atoms with Gasteiger partial charge in [-0.3, -0.25) is 4.90 Å². The number of likely N-dealkylation sites (N-methyl/N-ethyl adjacent to an activating group) is 1. The van der Waals surface area contributed by atoms with Gasteiger partial charge in [-0.15, -0.1) is 0 Å². The molecule has 2 nitrogen and oxygen atoms in total. The van der Waals surface area contributed by atoms with Gasteiger partial charge in [0, 0.05) is 25.7 Å². The lowest BCUT2D eigenvalue weighted by molar-refractivity contribution is 0.0350. The van der Waals surface area contributed by atoms with E-state index in [1.807, 2.05) is 7.05 Å². The van der Waals surface area contributed by atoms with Crippen molar-refractivity contribution in [1.29, 1.82) is 0 Å². The summed E-state index contributed by atoms with van der Waals surface area (Å²) < 4.78 is 0.